The van der Waals surface area contributed by atoms with Crippen molar-refractivity contribution >= 4 is 0 Å². The molecule has 0 aromatic carbocycles. The molecule has 1 atom stereocenters. The van der Waals surface area contributed by atoms with Crippen molar-refractivity contribution in [3.05, 3.63) is 12.7 Å². The molecule has 0 saturated carbocycles. The zero-order valence-corrected chi connectivity index (χ0v) is 9.37. The summed E-state index contributed by atoms with van der Waals surface area (Å²) in [6.45, 7) is 9.12. The minimum atomic E-state index is -0.0938. The summed E-state index contributed by atoms with van der Waals surface area (Å²) in [4.78, 5) is 10.1. The van der Waals surface area contributed by atoms with Gasteiger partial charge in [-0.1, -0.05) is 13.0 Å². The average Bonchev–Trinajstić information content (AvgIpc) is 2.22. The Labute approximate surface area is 91.1 Å². The maximum absolute atomic E-state index is 5.50. The summed E-state index contributed by atoms with van der Waals surface area (Å²) in [5.74, 6) is 0. The molecule has 0 bridgehead atoms. The second-order valence-electron chi connectivity index (χ2n) is 3.79. The molecule has 0 aromatic rings. The van der Waals surface area contributed by atoms with E-state index in [0.29, 0.717) is 39.6 Å². The largest absolute Gasteiger partial charge is 0.378 e. The monoisotopic (exact) mass is 216 g/mol. The van der Waals surface area contributed by atoms with Crippen molar-refractivity contribution in [2.75, 3.05) is 39.6 Å². The van der Waals surface area contributed by atoms with Crippen molar-refractivity contribution in [3.8, 4) is 0 Å². The van der Waals surface area contributed by atoms with Gasteiger partial charge in [-0.15, -0.1) is 6.58 Å². The fourth-order valence-electron chi connectivity index (χ4n) is 1.40. The normalized spacial score (nSPS) is 28.1. The summed E-state index contributed by atoms with van der Waals surface area (Å²) in [6, 6.07) is 0. The summed E-state index contributed by atoms with van der Waals surface area (Å²) in [5, 5.41) is 0. The topological polar surface area (TPSA) is 36.9 Å². The summed E-state index contributed by atoms with van der Waals surface area (Å²) < 4.78 is 11.0. The van der Waals surface area contributed by atoms with Crippen molar-refractivity contribution in [2.24, 2.45) is 5.41 Å². The lowest BCUT2D eigenvalue weighted by atomic mass is 9.88. The predicted octanol–water partition coefficient (Wildman–Crippen LogP) is 1.56. The SMILES string of the molecule is C=CCOCC1(CC)COCCOOC1. The fraction of sp³-hybridized carbons (Fsp3) is 0.818. The third-order valence-corrected chi connectivity index (χ3v) is 2.56. The van der Waals surface area contributed by atoms with E-state index in [1.807, 2.05) is 0 Å². The number of hydrogen-bond donors (Lipinski definition) is 0. The van der Waals surface area contributed by atoms with Gasteiger partial charge >= 0.3 is 0 Å². The van der Waals surface area contributed by atoms with Crippen LogP contribution >= 0.6 is 0 Å². The Bertz CT molecular complexity index is 173. The van der Waals surface area contributed by atoms with E-state index in [2.05, 4.69) is 13.5 Å². The van der Waals surface area contributed by atoms with Crippen LogP contribution in [-0.2, 0) is 19.2 Å². The molecule has 15 heavy (non-hydrogen) atoms. The highest BCUT2D eigenvalue weighted by Crippen LogP contribution is 2.24. The molecule has 0 aromatic heterocycles. The molecular formula is C11H20O4. The van der Waals surface area contributed by atoms with E-state index in [9.17, 15) is 0 Å². The van der Waals surface area contributed by atoms with Crippen molar-refractivity contribution in [1.29, 1.82) is 0 Å². The lowest BCUT2D eigenvalue weighted by Crippen LogP contribution is -2.38. The second-order valence-corrected chi connectivity index (χ2v) is 3.79. The van der Waals surface area contributed by atoms with E-state index in [0.717, 1.165) is 6.42 Å². The molecule has 1 unspecified atom stereocenters. The molecule has 1 saturated heterocycles. The number of rotatable bonds is 5. The Morgan fingerprint density at radius 1 is 1.33 bits per heavy atom. The van der Waals surface area contributed by atoms with Crippen molar-refractivity contribution in [1.82, 2.24) is 0 Å². The smallest absolute Gasteiger partial charge is 0.106 e. The van der Waals surface area contributed by atoms with Crippen LogP contribution in [0.1, 0.15) is 13.3 Å². The number of ether oxygens (including phenoxy) is 2. The van der Waals surface area contributed by atoms with Crippen LogP contribution < -0.4 is 0 Å². The summed E-state index contributed by atoms with van der Waals surface area (Å²) in [5.41, 5.74) is -0.0938. The maximum atomic E-state index is 5.50. The third kappa shape index (κ3) is 4.30. The Balaban J connectivity index is 2.42. The van der Waals surface area contributed by atoms with E-state index >= 15 is 0 Å². The lowest BCUT2D eigenvalue weighted by molar-refractivity contribution is -0.331. The first-order valence-corrected chi connectivity index (χ1v) is 5.34. The van der Waals surface area contributed by atoms with Crippen LogP contribution in [0.15, 0.2) is 12.7 Å². The Hall–Kier alpha value is -0.420. The molecule has 0 spiro atoms. The van der Waals surface area contributed by atoms with Gasteiger partial charge in [-0.3, -0.25) is 0 Å². The van der Waals surface area contributed by atoms with Crippen LogP contribution in [0.25, 0.3) is 0 Å². The predicted molar refractivity (Wildman–Crippen MR) is 56.5 cm³/mol. The first-order valence-electron chi connectivity index (χ1n) is 5.34. The van der Waals surface area contributed by atoms with Gasteiger partial charge in [0.05, 0.1) is 33.0 Å². The molecule has 1 aliphatic rings. The Kier molecular flexibility index (Phi) is 5.86. The van der Waals surface area contributed by atoms with Crippen LogP contribution in [-0.4, -0.2) is 39.6 Å². The van der Waals surface area contributed by atoms with Crippen molar-refractivity contribution in [2.45, 2.75) is 13.3 Å². The van der Waals surface area contributed by atoms with Gasteiger partial charge in [-0.05, 0) is 6.42 Å². The zero-order chi connectivity index (χ0) is 11.0. The van der Waals surface area contributed by atoms with Crippen LogP contribution in [0.4, 0.5) is 0 Å². The molecule has 0 N–H and O–H groups in total. The Morgan fingerprint density at radius 2 is 2.20 bits per heavy atom. The fourth-order valence-corrected chi connectivity index (χ4v) is 1.40. The highest BCUT2D eigenvalue weighted by Gasteiger charge is 2.31. The molecule has 1 fully saturated rings. The minimum absolute atomic E-state index is 0.0938. The van der Waals surface area contributed by atoms with Crippen molar-refractivity contribution in [3.63, 3.8) is 0 Å². The van der Waals surface area contributed by atoms with Gasteiger partial charge in [-0.2, -0.15) is 0 Å². The van der Waals surface area contributed by atoms with Crippen LogP contribution in [0, 0.1) is 5.41 Å². The van der Waals surface area contributed by atoms with Crippen LogP contribution in [0.3, 0.4) is 0 Å². The highest BCUT2D eigenvalue weighted by atomic mass is 17.2. The quantitative estimate of drug-likeness (QED) is 0.397. The van der Waals surface area contributed by atoms with Gasteiger partial charge in [0.2, 0.25) is 0 Å². The van der Waals surface area contributed by atoms with Gasteiger partial charge in [0, 0.05) is 5.41 Å². The zero-order valence-electron chi connectivity index (χ0n) is 9.37. The summed E-state index contributed by atoms with van der Waals surface area (Å²) >= 11 is 0. The molecular weight excluding hydrogens is 196 g/mol. The van der Waals surface area contributed by atoms with Crippen LogP contribution in [0.2, 0.25) is 0 Å². The summed E-state index contributed by atoms with van der Waals surface area (Å²) in [7, 11) is 0. The van der Waals surface area contributed by atoms with Gasteiger partial charge in [-0.25, -0.2) is 9.78 Å². The molecule has 0 radical (unpaired) electrons. The highest BCUT2D eigenvalue weighted by molar-refractivity contribution is 4.78. The van der Waals surface area contributed by atoms with E-state index in [1.165, 1.54) is 0 Å². The molecule has 4 nitrogen and oxygen atoms in total. The van der Waals surface area contributed by atoms with Gasteiger partial charge < -0.3 is 9.47 Å². The maximum Gasteiger partial charge on any atom is 0.106 e. The molecule has 4 heteroatoms. The van der Waals surface area contributed by atoms with Gasteiger partial charge in [0.1, 0.15) is 6.61 Å². The first kappa shape index (κ1) is 12.6. The molecule has 1 rings (SSSR count). The molecule has 1 heterocycles. The second kappa shape index (κ2) is 6.95. The molecule has 1 aliphatic heterocycles. The average molecular weight is 216 g/mol. The molecule has 88 valence electrons. The summed E-state index contributed by atoms with van der Waals surface area (Å²) in [6.07, 6.45) is 2.68. The van der Waals surface area contributed by atoms with E-state index in [4.69, 9.17) is 19.2 Å². The number of hydrogen-bond acceptors (Lipinski definition) is 4. The minimum Gasteiger partial charge on any atom is -0.378 e. The Morgan fingerprint density at radius 3 is 2.93 bits per heavy atom. The van der Waals surface area contributed by atoms with Crippen molar-refractivity contribution < 1.29 is 19.2 Å². The van der Waals surface area contributed by atoms with Gasteiger partial charge in [0.25, 0.3) is 0 Å². The van der Waals surface area contributed by atoms with E-state index in [-0.39, 0.29) is 5.41 Å². The van der Waals surface area contributed by atoms with Gasteiger partial charge in [0.15, 0.2) is 0 Å². The third-order valence-electron chi connectivity index (χ3n) is 2.56. The van der Waals surface area contributed by atoms with Crippen LogP contribution in [0.5, 0.6) is 0 Å². The van der Waals surface area contributed by atoms with E-state index in [1.54, 1.807) is 6.08 Å². The lowest BCUT2D eigenvalue weighted by Gasteiger charge is -2.32. The van der Waals surface area contributed by atoms with E-state index < -0.39 is 0 Å². The molecule has 0 aliphatic carbocycles. The molecule has 0 amide bonds. The first-order chi connectivity index (χ1) is 7.33. The standard InChI is InChI=1S/C11H20O4/c1-3-5-12-8-11(4-2)9-13-6-7-14-15-10-11/h3H,1,4-10H2,2H3.